The molecule has 0 aliphatic carbocycles. The minimum Gasteiger partial charge on any atom is -0.493 e. The second kappa shape index (κ2) is 9.11. The van der Waals surface area contributed by atoms with E-state index in [9.17, 15) is 5.11 Å². The molecule has 0 spiro atoms. The number of anilines is 2. The van der Waals surface area contributed by atoms with Gasteiger partial charge < -0.3 is 25.2 Å². The van der Waals surface area contributed by atoms with E-state index in [4.69, 9.17) is 9.97 Å². The van der Waals surface area contributed by atoms with E-state index in [0.717, 1.165) is 48.5 Å². The standard InChI is InChI=1S/C26H30N6O/c1-18(2)32-17-21-23(25(32)33)29-26(31-15-13-27-14-16-31)30-24(21)28-22(19-9-5-3-6-10-19)20-11-7-4-8-12-20/h3-12,17-18,22,27,33H,13-16H2,1-2H3,(H,28,29,30). The van der Waals surface area contributed by atoms with Crippen LogP contribution >= 0.6 is 0 Å². The van der Waals surface area contributed by atoms with Gasteiger partial charge in [0.2, 0.25) is 11.8 Å². The number of nitrogens with one attached hydrogen (secondary N) is 2. The van der Waals surface area contributed by atoms with Gasteiger partial charge in [0, 0.05) is 38.4 Å². The maximum Gasteiger partial charge on any atom is 0.228 e. The molecule has 2 aromatic carbocycles. The van der Waals surface area contributed by atoms with Crippen LogP contribution in [-0.2, 0) is 0 Å². The van der Waals surface area contributed by atoms with Crippen molar-refractivity contribution in [2.75, 3.05) is 36.4 Å². The molecule has 5 rings (SSSR count). The molecule has 1 fully saturated rings. The van der Waals surface area contributed by atoms with E-state index < -0.39 is 0 Å². The van der Waals surface area contributed by atoms with Crippen molar-refractivity contribution in [1.29, 1.82) is 0 Å². The van der Waals surface area contributed by atoms with Crippen LogP contribution in [-0.4, -0.2) is 45.8 Å². The van der Waals surface area contributed by atoms with Gasteiger partial charge in [0.05, 0.1) is 11.4 Å². The lowest BCUT2D eigenvalue weighted by molar-refractivity contribution is 0.404. The molecule has 2 aromatic heterocycles. The summed E-state index contributed by atoms with van der Waals surface area (Å²) >= 11 is 0. The topological polar surface area (TPSA) is 78.2 Å². The molecule has 0 unspecified atom stereocenters. The van der Waals surface area contributed by atoms with E-state index in [0.29, 0.717) is 11.5 Å². The fraction of sp³-hybridized carbons (Fsp3) is 0.308. The van der Waals surface area contributed by atoms with Crippen molar-refractivity contribution in [2.24, 2.45) is 0 Å². The first-order valence-electron chi connectivity index (χ1n) is 11.6. The molecule has 3 N–H and O–H groups in total. The van der Waals surface area contributed by atoms with E-state index in [1.54, 1.807) is 0 Å². The number of benzene rings is 2. The first kappa shape index (κ1) is 21.3. The number of hydrogen-bond acceptors (Lipinski definition) is 6. The minimum absolute atomic E-state index is 0.0917. The average Bonchev–Trinajstić information content (AvgIpc) is 3.21. The predicted octanol–water partition coefficient (Wildman–Crippen LogP) is 4.33. The normalized spacial score (nSPS) is 14.4. The van der Waals surface area contributed by atoms with Crippen LogP contribution in [0, 0.1) is 0 Å². The third-order valence-corrected chi connectivity index (χ3v) is 6.16. The molecule has 33 heavy (non-hydrogen) atoms. The fourth-order valence-corrected chi connectivity index (χ4v) is 4.37. The van der Waals surface area contributed by atoms with Crippen molar-refractivity contribution in [3.8, 4) is 5.88 Å². The van der Waals surface area contributed by atoms with E-state index in [1.165, 1.54) is 0 Å². The Morgan fingerprint density at radius 1 is 0.909 bits per heavy atom. The summed E-state index contributed by atoms with van der Waals surface area (Å²) in [5, 5.41) is 18.9. The van der Waals surface area contributed by atoms with Crippen LogP contribution in [0.15, 0.2) is 66.9 Å². The second-order valence-corrected chi connectivity index (χ2v) is 8.72. The lowest BCUT2D eigenvalue weighted by atomic mass is 9.98. The third-order valence-electron chi connectivity index (χ3n) is 6.16. The number of aromatic nitrogens is 3. The van der Waals surface area contributed by atoms with Crippen molar-refractivity contribution in [3.05, 3.63) is 78.0 Å². The lowest BCUT2D eigenvalue weighted by Gasteiger charge is -2.28. The van der Waals surface area contributed by atoms with E-state index in [-0.39, 0.29) is 18.0 Å². The molecule has 4 aromatic rings. The minimum atomic E-state index is -0.0917. The zero-order valence-corrected chi connectivity index (χ0v) is 19.1. The zero-order valence-electron chi connectivity index (χ0n) is 19.1. The highest BCUT2D eigenvalue weighted by atomic mass is 16.3. The van der Waals surface area contributed by atoms with Gasteiger partial charge in [-0.2, -0.15) is 4.98 Å². The first-order chi connectivity index (χ1) is 16.1. The molecule has 170 valence electrons. The summed E-state index contributed by atoms with van der Waals surface area (Å²) < 4.78 is 1.85. The highest BCUT2D eigenvalue weighted by Crippen LogP contribution is 2.36. The van der Waals surface area contributed by atoms with Gasteiger partial charge >= 0.3 is 0 Å². The number of piperazine rings is 1. The summed E-state index contributed by atoms with van der Waals surface area (Å²) in [7, 11) is 0. The van der Waals surface area contributed by atoms with Crippen LogP contribution in [0.3, 0.4) is 0 Å². The van der Waals surface area contributed by atoms with Gasteiger partial charge in [-0.05, 0) is 25.0 Å². The van der Waals surface area contributed by atoms with Gasteiger partial charge in [-0.1, -0.05) is 60.7 Å². The molecule has 0 atom stereocenters. The predicted molar refractivity (Wildman–Crippen MR) is 133 cm³/mol. The molecule has 1 aliphatic rings. The molecule has 0 bridgehead atoms. The maximum atomic E-state index is 11.0. The summed E-state index contributed by atoms with van der Waals surface area (Å²) in [5.74, 6) is 1.54. The zero-order chi connectivity index (χ0) is 22.8. The van der Waals surface area contributed by atoms with Crippen molar-refractivity contribution in [2.45, 2.75) is 25.9 Å². The summed E-state index contributed by atoms with van der Waals surface area (Å²) in [6.45, 7) is 7.54. The summed E-state index contributed by atoms with van der Waals surface area (Å²) in [5.41, 5.74) is 2.87. The molecular formula is C26H30N6O. The first-order valence-corrected chi connectivity index (χ1v) is 11.6. The molecule has 0 saturated carbocycles. The van der Waals surface area contributed by atoms with Crippen LogP contribution in [0.4, 0.5) is 11.8 Å². The number of aromatic hydroxyl groups is 1. The van der Waals surface area contributed by atoms with Crippen LogP contribution in [0.2, 0.25) is 0 Å². The molecule has 0 radical (unpaired) electrons. The SMILES string of the molecule is CC(C)n1cc2c(NC(c3ccccc3)c3ccccc3)nc(N3CCNCC3)nc2c1O. The Balaban J connectivity index is 1.65. The highest BCUT2D eigenvalue weighted by Gasteiger charge is 2.23. The van der Waals surface area contributed by atoms with Crippen molar-refractivity contribution in [1.82, 2.24) is 19.9 Å². The van der Waals surface area contributed by atoms with E-state index in [2.05, 4.69) is 64.1 Å². The summed E-state index contributed by atoms with van der Waals surface area (Å²) in [4.78, 5) is 11.9. The molecule has 7 heteroatoms. The Kier molecular flexibility index (Phi) is 5.88. The van der Waals surface area contributed by atoms with Crippen molar-refractivity contribution >= 4 is 22.7 Å². The Morgan fingerprint density at radius 3 is 2.09 bits per heavy atom. The van der Waals surface area contributed by atoms with Gasteiger partial charge in [0.1, 0.15) is 11.3 Å². The van der Waals surface area contributed by atoms with Crippen LogP contribution in [0.1, 0.15) is 37.1 Å². The quantitative estimate of drug-likeness (QED) is 0.413. The van der Waals surface area contributed by atoms with Crippen LogP contribution in [0.5, 0.6) is 5.88 Å². The van der Waals surface area contributed by atoms with Gasteiger partial charge in [-0.15, -0.1) is 0 Å². The van der Waals surface area contributed by atoms with Crippen molar-refractivity contribution in [3.63, 3.8) is 0 Å². The molecule has 7 nitrogen and oxygen atoms in total. The lowest BCUT2D eigenvalue weighted by Crippen LogP contribution is -2.44. The number of fused-ring (bicyclic) bond motifs is 1. The average molecular weight is 443 g/mol. The summed E-state index contributed by atoms with van der Waals surface area (Å²) in [6, 6.07) is 20.8. The smallest absolute Gasteiger partial charge is 0.228 e. The third kappa shape index (κ3) is 4.24. The van der Waals surface area contributed by atoms with E-state index in [1.807, 2.05) is 36.7 Å². The number of nitrogens with zero attached hydrogens (tertiary/aromatic N) is 4. The maximum absolute atomic E-state index is 11.0. The van der Waals surface area contributed by atoms with E-state index >= 15 is 0 Å². The van der Waals surface area contributed by atoms with Gasteiger partial charge in [0.25, 0.3) is 0 Å². The van der Waals surface area contributed by atoms with Crippen LogP contribution < -0.4 is 15.5 Å². The van der Waals surface area contributed by atoms with Gasteiger partial charge in [0.15, 0.2) is 0 Å². The number of hydrogen-bond donors (Lipinski definition) is 3. The van der Waals surface area contributed by atoms with Crippen LogP contribution in [0.25, 0.3) is 10.9 Å². The second-order valence-electron chi connectivity index (χ2n) is 8.72. The highest BCUT2D eigenvalue weighted by molar-refractivity contribution is 5.94. The Morgan fingerprint density at radius 2 is 1.52 bits per heavy atom. The molecule has 3 heterocycles. The van der Waals surface area contributed by atoms with Gasteiger partial charge in [-0.25, -0.2) is 4.98 Å². The summed E-state index contributed by atoms with van der Waals surface area (Å²) in [6.07, 6.45) is 1.95. The fourth-order valence-electron chi connectivity index (χ4n) is 4.37. The largest absolute Gasteiger partial charge is 0.493 e. The monoisotopic (exact) mass is 442 g/mol. The van der Waals surface area contributed by atoms with Crippen molar-refractivity contribution < 1.29 is 5.11 Å². The molecule has 1 aliphatic heterocycles. The molecular weight excluding hydrogens is 412 g/mol. The van der Waals surface area contributed by atoms with Gasteiger partial charge in [-0.3, -0.25) is 0 Å². The molecule has 1 saturated heterocycles. The Labute approximate surface area is 194 Å². The number of rotatable bonds is 6. The molecule has 0 amide bonds. The Hall–Kier alpha value is -3.58. The Bertz CT molecular complexity index is 1180.